The molecule has 0 spiro atoms. The van der Waals surface area contributed by atoms with Crippen molar-refractivity contribution in [2.24, 2.45) is 0 Å². The van der Waals surface area contributed by atoms with Crippen LogP contribution >= 0.6 is 0 Å². The minimum absolute atomic E-state index is 0.240. The fourth-order valence-corrected chi connectivity index (χ4v) is 2.82. The smallest absolute Gasteiger partial charge is 0.243 e. The maximum Gasteiger partial charge on any atom is 0.243 e. The van der Waals surface area contributed by atoms with Crippen LogP contribution in [0.1, 0.15) is 22.6 Å². The molecule has 4 rings (SSSR count). The van der Waals surface area contributed by atoms with Gasteiger partial charge in [0.1, 0.15) is 11.8 Å². The number of aromatic amines is 1. The van der Waals surface area contributed by atoms with Crippen LogP contribution in [0.2, 0.25) is 0 Å². The second-order valence-corrected chi connectivity index (χ2v) is 6.21. The Labute approximate surface area is 165 Å². The van der Waals surface area contributed by atoms with Gasteiger partial charge < -0.3 is 9.73 Å². The van der Waals surface area contributed by atoms with Gasteiger partial charge in [0, 0.05) is 5.56 Å². The van der Waals surface area contributed by atoms with E-state index in [-0.39, 0.29) is 5.76 Å². The summed E-state index contributed by atoms with van der Waals surface area (Å²) in [6, 6.07) is 14.6. The number of hydrogen-bond donors (Lipinski definition) is 2. The second kappa shape index (κ2) is 7.62. The number of furan rings is 1. The maximum atomic E-state index is 9.01. The molecule has 3 aromatic heterocycles. The van der Waals surface area contributed by atoms with Crippen molar-refractivity contribution < 1.29 is 4.42 Å². The Morgan fingerprint density at radius 2 is 2.03 bits per heavy atom. The van der Waals surface area contributed by atoms with E-state index in [4.69, 9.17) is 14.9 Å². The van der Waals surface area contributed by atoms with Crippen LogP contribution in [0.3, 0.4) is 0 Å². The standard InChI is InChI=1S/C20H14N8O/c1-12-6-13(8-21)2-4-16(12)18-11-24-28-20(25-18)23-10-14-7-17(27-26-14)19-5-3-15(9-22)29-19/h2-7,11H,10H2,1H3,(H,26,27)(H,23,25,28). The number of nitrogens with one attached hydrogen (secondary N) is 2. The van der Waals surface area contributed by atoms with Crippen molar-refractivity contribution in [1.82, 2.24) is 25.4 Å². The van der Waals surface area contributed by atoms with Crippen LogP contribution in [0.25, 0.3) is 22.7 Å². The summed E-state index contributed by atoms with van der Waals surface area (Å²) >= 11 is 0. The van der Waals surface area contributed by atoms with E-state index in [0.29, 0.717) is 35.2 Å². The Morgan fingerprint density at radius 1 is 1.14 bits per heavy atom. The topological polar surface area (TPSA) is 140 Å². The molecular weight excluding hydrogens is 368 g/mol. The fraction of sp³-hybridized carbons (Fsp3) is 0.100. The fourth-order valence-electron chi connectivity index (χ4n) is 2.82. The van der Waals surface area contributed by atoms with Crippen LogP contribution in [0.15, 0.2) is 47.0 Å². The monoisotopic (exact) mass is 382 g/mol. The number of hydrogen-bond acceptors (Lipinski definition) is 8. The molecule has 0 aliphatic heterocycles. The van der Waals surface area contributed by atoms with E-state index in [0.717, 1.165) is 16.8 Å². The van der Waals surface area contributed by atoms with Crippen LogP contribution in [0.5, 0.6) is 0 Å². The van der Waals surface area contributed by atoms with E-state index in [9.17, 15) is 0 Å². The zero-order valence-electron chi connectivity index (χ0n) is 15.3. The Balaban J connectivity index is 1.48. The van der Waals surface area contributed by atoms with Crippen LogP contribution < -0.4 is 5.32 Å². The van der Waals surface area contributed by atoms with E-state index in [2.05, 4.69) is 36.8 Å². The Morgan fingerprint density at radius 3 is 2.79 bits per heavy atom. The summed E-state index contributed by atoms with van der Waals surface area (Å²) < 4.78 is 5.38. The van der Waals surface area contributed by atoms with Crippen molar-refractivity contribution in [3.63, 3.8) is 0 Å². The number of H-pyrrole nitrogens is 1. The van der Waals surface area contributed by atoms with Gasteiger partial charge in [0.05, 0.1) is 35.8 Å². The molecule has 0 amide bonds. The zero-order chi connectivity index (χ0) is 20.2. The third kappa shape index (κ3) is 3.80. The van der Waals surface area contributed by atoms with E-state index in [1.807, 2.05) is 31.2 Å². The van der Waals surface area contributed by atoms with Gasteiger partial charge in [-0.3, -0.25) is 5.10 Å². The largest absolute Gasteiger partial charge is 0.444 e. The summed E-state index contributed by atoms with van der Waals surface area (Å²) in [6.07, 6.45) is 1.58. The average Bonchev–Trinajstić information content (AvgIpc) is 3.41. The summed E-state index contributed by atoms with van der Waals surface area (Å²) in [5.74, 6) is 1.14. The first-order chi connectivity index (χ1) is 14.2. The SMILES string of the molecule is Cc1cc(C#N)ccc1-c1cnnc(NCc2cc(-c3ccc(C#N)o3)[nH]n2)n1. The van der Waals surface area contributed by atoms with Crippen molar-refractivity contribution in [1.29, 1.82) is 10.5 Å². The molecule has 2 N–H and O–H groups in total. The van der Waals surface area contributed by atoms with Crippen molar-refractivity contribution >= 4 is 5.95 Å². The number of rotatable bonds is 5. The minimum Gasteiger partial charge on any atom is -0.444 e. The van der Waals surface area contributed by atoms with Crippen LogP contribution in [-0.4, -0.2) is 25.4 Å². The molecule has 0 aliphatic carbocycles. The lowest BCUT2D eigenvalue weighted by Crippen LogP contribution is -2.05. The van der Waals surface area contributed by atoms with Gasteiger partial charge in [0.15, 0.2) is 5.76 Å². The van der Waals surface area contributed by atoms with Crippen LogP contribution in [-0.2, 0) is 6.54 Å². The van der Waals surface area contributed by atoms with E-state index >= 15 is 0 Å². The molecule has 0 atom stereocenters. The van der Waals surface area contributed by atoms with Crippen molar-refractivity contribution in [3.05, 3.63) is 65.2 Å². The lowest BCUT2D eigenvalue weighted by molar-refractivity contribution is 0.565. The molecular formula is C20H14N8O. The van der Waals surface area contributed by atoms with Crippen molar-refractivity contribution in [2.75, 3.05) is 5.32 Å². The first-order valence-corrected chi connectivity index (χ1v) is 8.65. The highest BCUT2D eigenvalue weighted by atomic mass is 16.3. The van der Waals surface area contributed by atoms with Gasteiger partial charge in [-0.2, -0.15) is 20.7 Å². The predicted molar refractivity (Wildman–Crippen MR) is 103 cm³/mol. The molecule has 0 radical (unpaired) electrons. The summed E-state index contributed by atoms with van der Waals surface area (Å²) in [5.41, 5.74) is 4.46. The van der Waals surface area contributed by atoms with E-state index < -0.39 is 0 Å². The first kappa shape index (κ1) is 17.9. The normalized spacial score (nSPS) is 10.3. The molecule has 0 fully saturated rings. The summed E-state index contributed by atoms with van der Waals surface area (Å²) in [5, 5.41) is 36.1. The second-order valence-electron chi connectivity index (χ2n) is 6.21. The van der Waals surface area contributed by atoms with Gasteiger partial charge >= 0.3 is 0 Å². The summed E-state index contributed by atoms with van der Waals surface area (Å²) in [6.45, 7) is 2.29. The molecule has 3 heterocycles. The van der Waals surface area contributed by atoms with Gasteiger partial charge in [-0.1, -0.05) is 6.07 Å². The van der Waals surface area contributed by atoms with Gasteiger partial charge in [0.2, 0.25) is 11.7 Å². The van der Waals surface area contributed by atoms with Gasteiger partial charge in [-0.15, -0.1) is 5.10 Å². The number of nitriles is 2. The number of nitrogens with zero attached hydrogens (tertiary/aromatic N) is 6. The Kier molecular flexibility index (Phi) is 4.70. The van der Waals surface area contributed by atoms with Gasteiger partial charge in [0.25, 0.3) is 0 Å². The van der Waals surface area contributed by atoms with Crippen LogP contribution in [0, 0.1) is 29.6 Å². The molecule has 4 aromatic rings. The molecule has 140 valence electrons. The molecule has 1 aromatic carbocycles. The highest BCUT2D eigenvalue weighted by molar-refractivity contribution is 5.64. The molecule has 29 heavy (non-hydrogen) atoms. The minimum atomic E-state index is 0.240. The van der Waals surface area contributed by atoms with E-state index in [1.165, 1.54) is 0 Å². The predicted octanol–water partition coefficient (Wildman–Crippen LogP) is 3.19. The summed E-state index contributed by atoms with van der Waals surface area (Å²) in [7, 11) is 0. The quantitative estimate of drug-likeness (QED) is 0.536. The first-order valence-electron chi connectivity index (χ1n) is 8.65. The van der Waals surface area contributed by atoms with E-state index in [1.54, 1.807) is 24.4 Å². The van der Waals surface area contributed by atoms with Crippen LogP contribution in [0.4, 0.5) is 5.95 Å². The Hall–Kier alpha value is -4.50. The Bertz CT molecular complexity index is 1260. The summed E-state index contributed by atoms with van der Waals surface area (Å²) in [4.78, 5) is 4.49. The number of anilines is 1. The number of aryl methyl sites for hydroxylation is 1. The third-order valence-electron chi connectivity index (χ3n) is 4.23. The number of benzene rings is 1. The average molecular weight is 382 g/mol. The third-order valence-corrected chi connectivity index (χ3v) is 4.23. The highest BCUT2D eigenvalue weighted by Gasteiger charge is 2.10. The zero-order valence-corrected chi connectivity index (χ0v) is 15.3. The van der Waals surface area contributed by atoms with Crippen molar-refractivity contribution in [2.45, 2.75) is 13.5 Å². The lowest BCUT2D eigenvalue weighted by Gasteiger charge is -2.07. The van der Waals surface area contributed by atoms with Gasteiger partial charge in [-0.25, -0.2) is 4.98 Å². The maximum absolute atomic E-state index is 9.01. The molecule has 9 heteroatoms. The molecule has 0 saturated carbocycles. The number of aromatic nitrogens is 5. The molecule has 0 aliphatic rings. The lowest BCUT2D eigenvalue weighted by atomic mass is 10.0. The molecule has 9 nitrogen and oxygen atoms in total. The van der Waals surface area contributed by atoms with Crippen molar-refractivity contribution in [3.8, 4) is 34.8 Å². The molecule has 0 bridgehead atoms. The highest BCUT2D eigenvalue weighted by Crippen LogP contribution is 2.23. The van der Waals surface area contributed by atoms with Gasteiger partial charge in [-0.05, 0) is 42.8 Å². The molecule has 0 unspecified atom stereocenters. The molecule has 0 saturated heterocycles.